The number of anilines is 2. The van der Waals surface area contributed by atoms with Crippen LogP contribution >= 0.6 is 12.2 Å². The standard InChI is InChI=1S/C24H28N4O3S/c1-5-16-10-7-8-13-19(16)26-23(30)25-18-12-9-11-17(14-18)21-20(22(29)31-6-2)15(3)28(4)24(32)27-21/h7-14,21H,5-6H2,1-4H3,(H,27,32)(H2,25,26,30)/t21-/m0/s1. The lowest BCUT2D eigenvalue weighted by Gasteiger charge is -2.35. The number of esters is 1. The van der Waals surface area contributed by atoms with Crippen molar-refractivity contribution in [1.82, 2.24) is 10.2 Å². The summed E-state index contributed by atoms with van der Waals surface area (Å²) in [5, 5.41) is 9.48. The van der Waals surface area contributed by atoms with Crippen molar-refractivity contribution in [1.29, 1.82) is 0 Å². The number of urea groups is 1. The molecule has 0 unspecified atom stereocenters. The van der Waals surface area contributed by atoms with Crippen LogP contribution in [-0.4, -0.2) is 35.7 Å². The van der Waals surface area contributed by atoms with Gasteiger partial charge in [-0.25, -0.2) is 9.59 Å². The number of para-hydroxylation sites is 1. The third kappa shape index (κ3) is 5.08. The SMILES string of the molecule is CCOC(=O)C1=C(C)N(C)C(=S)N[C@H]1c1cccc(NC(=O)Nc2ccccc2CC)c1. The van der Waals surface area contributed by atoms with Gasteiger partial charge in [0.05, 0.1) is 18.2 Å². The number of ether oxygens (including phenoxy) is 1. The number of nitrogens with one attached hydrogen (secondary N) is 3. The number of benzene rings is 2. The van der Waals surface area contributed by atoms with Gasteiger partial charge in [-0.15, -0.1) is 0 Å². The van der Waals surface area contributed by atoms with Gasteiger partial charge in [0, 0.05) is 24.1 Å². The predicted octanol–water partition coefficient (Wildman–Crippen LogP) is 4.59. The number of amides is 2. The lowest BCUT2D eigenvalue weighted by Crippen LogP contribution is -2.46. The summed E-state index contributed by atoms with van der Waals surface area (Å²) in [6, 6.07) is 14.2. The highest BCUT2D eigenvalue weighted by atomic mass is 32.1. The molecular formula is C24H28N4O3S. The van der Waals surface area contributed by atoms with E-state index >= 15 is 0 Å². The molecule has 0 saturated heterocycles. The van der Waals surface area contributed by atoms with Crippen LogP contribution in [-0.2, 0) is 16.0 Å². The van der Waals surface area contributed by atoms with Crippen molar-refractivity contribution < 1.29 is 14.3 Å². The zero-order valence-electron chi connectivity index (χ0n) is 18.7. The fourth-order valence-corrected chi connectivity index (χ4v) is 3.84. The quantitative estimate of drug-likeness (QED) is 0.439. The number of aryl methyl sites for hydroxylation is 1. The number of carbonyl (C=O) groups excluding carboxylic acids is 2. The van der Waals surface area contributed by atoms with E-state index in [-0.39, 0.29) is 12.6 Å². The van der Waals surface area contributed by atoms with Gasteiger partial charge in [0.15, 0.2) is 5.11 Å². The summed E-state index contributed by atoms with van der Waals surface area (Å²) in [7, 11) is 1.80. The van der Waals surface area contributed by atoms with Gasteiger partial charge in [0.25, 0.3) is 0 Å². The molecule has 1 aliphatic heterocycles. The molecule has 3 N–H and O–H groups in total. The van der Waals surface area contributed by atoms with Crippen molar-refractivity contribution in [3.05, 3.63) is 70.9 Å². The normalized spacial score (nSPS) is 15.8. The van der Waals surface area contributed by atoms with Gasteiger partial charge >= 0.3 is 12.0 Å². The smallest absolute Gasteiger partial charge is 0.338 e. The molecule has 1 aliphatic rings. The zero-order chi connectivity index (χ0) is 23.3. The fraction of sp³-hybridized carbons (Fsp3) is 0.292. The summed E-state index contributed by atoms with van der Waals surface area (Å²) in [6.07, 6.45) is 0.815. The molecule has 0 bridgehead atoms. The number of thiocarbonyl (C=S) groups is 1. The number of rotatable bonds is 6. The van der Waals surface area contributed by atoms with Crippen LogP contribution in [0.5, 0.6) is 0 Å². The summed E-state index contributed by atoms with van der Waals surface area (Å²) in [4.78, 5) is 27.0. The van der Waals surface area contributed by atoms with E-state index in [1.54, 1.807) is 24.9 Å². The molecule has 8 heteroatoms. The number of nitrogens with zero attached hydrogens (tertiary/aromatic N) is 1. The van der Waals surface area contributed by atoms with E-state index in [0.717, 1.165) is 28.9 Å². The molecule has 168 valence electrons. The maximum Gasteiger partial charge on any atom is 0.338 e. The van der Waals surface area contributed by atoms with E-state index in [1.807, 2.05) is 56.3 Å². The minimum absolute atomic E-state index is 0.275. The van der Waals surface area contributed by atoms with Crippen molar-refractivity contribution in [3.8, 4) is 0 Å². The van der Waals surface area contributed by atoms with E-state index in [9.17, 15) is 9.59 Å². The Hall–Kier alpha value is -3.39. The Labute approximate surface area is 193 Å². The van der Waals surface area contributed by atoms with Crippen LogP contribution in [0.2, 0.25) is 0 Å². The van der Waals surface area contributed by atoms with Crippen molar-refractivity contribution in [3.63, 3.8) is 0 Å². The number of allylic oxidation sites excluding steroid dienone is 1. The van der Waals surface area contributed by atoms with Crippen LogP contribution < -0.4 is 16.0 Å². The maximum atomic E-state index is 12.7. The minimum Gasteiger partial charge on any atom is -0.463 e. The van der Waals surface area contributed by atoms with Crippen LogP contribution in [0.3, 0.4) is 0 Å². The van der Waals surface area contributed by atoms with Gasteiger partial charge < -0.3 is 25.6 Å². The highest BCUT2D eigenvalue weighted by Crippen LogP contribution is 2.32. The van der Waals surface area contributed by atoms with Crippen LogP contribution in [0.15, 0.2) is 59.8 Å². The number of hydrogen-bond donors (Lipinski definition) is 3. The Bertz CT molecular complexity index is 1070. The van der Waals surface area contributed by atoms with Gasteiger partial charge in [-0.05, 0) is 61.8 Å². The number of hydrogen-bond acceptors (Lipinski definition) is 4. The van der Waals surface area contributed by atoms with E-state index in [1.165, 1.54) is 0 Å². The van der Waals surface area contributed by atoms with Gasteiger partial charge in [0.2, 0.25) is 0 Å². The van der Waals surface area contributed by atoms with Gasteiger partial charge in [-0.2, -0.15) is 0 Å². The Morgan fingerprint density at radius 2 is 1.88 bits per heavy atom. The van der Waals surface area contributed by atoms with E-state index in [4.69, 9.17) is 17.0 Å². The summed E-state index contributed by atoms with van der Waals surface area (Å²) in [6.45, 7) is 5.93. The molecular weight excluding hydrogens is 424 g/mol. The predicted molar refractivity (Wildman–Crippen MR) is 130 cm³/mol. The van der Waals surface area contributed by atoms with Crippen molar-refractivity contribution in [2.75, 3.05) is 24.3 Å². The highest BCUT2D eigenvalue weighted by Gasteiger charge is 2.33. The molecule has 0 radical (unpaired) electrons. The molecule has 0 saturated carbocycles. The summed E-state index contributed by atoms with van der Waals surface area (Å²) >= 11 is 5.43. The topological polar surface area (TPSA) is 82.7 Å². The second kappa shape index (κ2) is 10.3. The molecule has 0 aliphatic carbocycles. The molecule has 1 heterocycles. The molecule has 1 atom stereocenters. The fourth-order valence-electron chi connectivity index (χ4n) is 3.59. The Morgan fingerprint density at radius 3 is 2.59 bits per heavy atom. The highest BCUT2D eigenvalue weighted by molar-refractivity contribution is 7.80. The molecule has 2 amide bonds. The third-order valence-corrected chi connectivity index (χ3v) is 5.77. The lowest BCUT2D eigenvalue weighted by atomic mass is 9.95. The summed E-state index contributed by atoms with van der Waals surface area (Å²) in [5.74, 6) is -0.399. The van der Waals surface area contributed by atoms with Gasteiger partial charge in [0.1, 0.15) is 0 Å². The van der Waals surface area contributed by atoms with Crippen LogP contribution in [0.4, 0.5) is 16.2 Å². The molecule has 3 rings (SSSR count). The molecule has 0 aromatic heterocycles. The first-order chi connectivity index (χ1) is 15.3. The first-order valence-corrected chi connectivity index (χ1v) is 10.9. The molecule has 32 heavy (non-hydrogen) atoms. The first-order valence-electron chi connectivity index (χ1n) is 10.5. The van der Waals surface area contributed by atoms with E-state index in [0.29, 0.717) is 16.4 Å². The minimum atomic E-state index is -0.483. The van der Waals surface area contributed by atoms with E-state index in [2.05, 4.69) is 16.0 Å². The van der Waals surface area contributed by atoms with Crippen molar-refractivity contribution in [2.45, 2.75) is 33.2 Å². The third-order valence-electron chi connectivity index (χ3n) is 5.37. The second-order valence-electron chi connectivity index (χ2n) is 7.38. The molecule has 0 fully saturated rings. The largest absolute Gasteiger partial charge is 0.463 e. The average Bonchev–Trinajstić information content (AvgIpc) is 2.77. The summed E-state index contributed by atoms with van der Waals surface area (Å²) < 4.78 is 5.28. The van der Waals surface area contributed by atoms with Crippen molar-refractivity contribution in [2.24, 2.45) is 0 Å². The average molecular weight is 453 g/mol. The molecule has 2 aromatic rings. The second-order valence-corrected chi connectivity index (χ2v) is 7.76. The lowest BCUT2D eigenvalue weighted by molar-refractivity contribution is -0.139. The Balaban J connectivity index is 1.85. The molecule has 2 aromatic carbocycles. The van der Waals surface area contributed by atoms with Gasteiger partial charge in [-0.1, -0.05) is 37.3 Å². The Kier molecular flexibility index (Phi) is 7.48. The monoisotopic (exact) mass is 452 g/mol. The molecule has 7 nitrogen and oxygen atoms in total. The molecule has 0 spiro atoms. The Morgan fingerprint density at radius 1 is 1.12 bits per heavy atom. The number of carbonyl (C=O) groups is 2. The van der Waals surface area contributed by atoms with Crippen LogP contribution in [0, 0.1) is 0 Å². The van der Waals surface area contributed by atoms with Crippen LogP contribution in [0.25, 0.3) is 0 Å². The van der Waals surface area contributed by atoms with Gasteiger partial charge in [-0.3, -0.25) is 0 Å². The summed E-state index contributed by atoms with van der Waals surface area (Å²) in [5.41, 5.74) is 4.43. The van der Waals surface area contributed by atoms with Crippen molar-refractivity contribution >= 4 is 40.7 Å². The zero-order valence-corrected chi connectivity index (χ0v) is 19.5. The van der Waals surface area contributed by atoms with E-state index < -0.39 is 12.0 Å². The van der Waals surface area contributed by atoms with Crippen LogP contribution in [0.1, 0.15) is 37.9 Å². The first kappa shape index (κ1) is 23.3. The maximum absolute atomic E-state index is 12.7.